The summed E-state index contributed by atoms with van der Waals surface area (Å²) >= 11 is 0. The molecule has 6 nitrogen and oxygen atoms in total. The Balaban J connectivity index is 4.30. The first-order valence-electron chi connectivity index (χ1n) is 20.2. The standard InChI is InChI=1S/C40H80N2O4/c1-5-8-11-14-16-18-19-21-22-25-28-31-39(44)41-37(36-43)35-42(4)34-33-38(30-27-24-13-10-7-3)46-40(45)32-29-26-23-20-17-15-12-9-6-2/h37-38,43H,5-36H2,1-4H3,(H,41,44)/t37-,38-/m1/s1. The second-order valence-electron chi connectivity index (χ2n) is 14.2. The van der Waals surface area contributed by atoms with Crippen molar-refractivity contribution in [3.8, 4) is 0 Å². The molecule has 2 atom stereocenters. The Morgan fingerprint density at radius 1 is 0.587 bits per heavy atom. The fourth-order valence-electron chi connectivity index (χ4n) is 6.29. The lowest BCUT2D eigenvalue weighted by Gasteiger charge is -2.26. The van der Waals surface area contributed by atoms with E-state index in [1.807, 2.05) is 7.05 Å². The van der Waals surface area contributed by atoms with Crippen molar-refractivity contribution in [2.45, 2.75) is 219 Å². The average molecular weight is 653 g/mol. The molecule has 2 N–H and O–H groups in total. The summed E-state index contributed by atoms with van der Waals surface area (Å²) < 4.78 is 6.00. The Morgan fingerprint density at radius 3 is 1.46 bits per heavy atom. The Labute approximate surface area is 287 Å². The number of ether oxygens (including phenoxy) is 1. The van der Waals surface area contributed by atoms with E-state index in [0.29, 0.717) is 19.4 Å². The van der Waals surface area contributed by atoms with Crippen molar-refractivity contribution < 1.29 is 19.4 Å². The number of hydrogen-bond acceptors (Lipinski definition) is 5. The van der Waals surface area contributed by atoms with Gasteiger partial charge in [-0.3, -0.25) is 9.59 Å². The molecule has 0 aliphatic heterocycles. The van der Waals surface area contributed by atoms with E-state index in [0.717, 1.165) is 51.5 Å². The molecule has 0 spiro atoms. The highest BCUT2D eigenvalue weighted by Crippen LogP contribution is 2.16. The van der Waals surface area contributed by atoms with E-state index in [4.69, 9.17) is 4.74 Å². The van der Waals surface area contributed by atoms with Gasteiger partial charge in [-0.05, 0) is 39.2 Å². The number of carbonyl (C=O) groups is 2. The molecule has 46 heavy (non-hydrogen) atoms. The van der Waals surface area contributed by atoms with Gasteiger partial charge in [0.25, 0.3) is 0 Å². The molecule has 0 aliphatic rings. The molecule has 0 saturated carbocycles. The fraction of sp³-hybridized carbons (Fsp3) is 0.950. The molecule has 6 heteroatoms. The summed E-state index contributed by atoms with van der Waals surface area (Å²) in [5.74, 6) is -0.00850. The van der Waals surface area contributed by atoms with E-state index < -0.39 is 0 Å². The average Bonchev–Trinajstić information content (AvgIpc) is 3.04. The van der Waals surface area contributed by atoms with Gasteiger partial charge in [-0.2, -0.15) is 0 Å². The van der Waals surface area contributed by atoms with Crippen LogP contribution in [-0.4, -0.2) is 60.8 Å². The largest absolute Gasteiger partial charge is 0.462 e. The number of rotatable bonds is 36. The number of carbonyl (C=O) groups excluding carboxylic acids is 2. The number of esters is 1. The quantitative estimate of drug-likeness (QED) is 0.0520. The second-order valence-corrected chi connectivity index (χ2v) is 14.2. The molecule has 0 bridgehead atoms. The van der Waals surface area contributed by atoms with E-state index in [1.54, 1.807) is 0 Å². The van der Waals surface area contributed by atoms with Crippen molar-refractivity contribution in [2.24, 2.45) is 0 Å². The molecule has 0 heterocycles. The molecule has 0 radical (unpaired) electrons. The highest BCUT2D eigenvalue weighted by atomic mass is 16.5. The van der Waals surface area contributed by atoms with E-state index in [9.17, 15) is 14.7 Å². The summed E-state index contributed by atoms with van der Waals surface area (Å²) in [6.45, 7) is 8.04. The number of aliphatic hydroxyl groups is 1. The molecule has 0 fully saturated rings. The van der Waals surface area contributed by atoms with Crippen LogP contribution in [0.4, 0.5) is 0 Å². The Bertz CT molecular complexity index is 659. The van der Waals surface area contributed by atoms with Crippen LogP contribution < -0.4 is 5.32 Å². The van der Waals surface area contributed by atoms with Crippen molar-refractivity contribution in [3.63, 3.8) is 0 Å². The van der Waals surface area contributed by atoms with Crippen LogP contribution in [0.25, 0.3) is 0 Å². The molecular weight excluding hydrogens is 572 g/mol. The number of hydrogen-bond donors (Lipinski definition) is 2. The maximum Gasteiger partial charge on any atom is 0.306 e. The molecule has 0 saturated heterocycles. The van der Waals surface area contributed by atoms with E-state index in [1.165, 1.54) is 128 Å². The fourth-order valence-corrected chi connectivity index (χ4v) is 6.29. The third-order valence-corrected chi connectivity index (χ3v) is 9.37. The van der Waals surface area contributed by atoms with Gasteiger partial charge in [0.2, 0.25) is 5.91 Å². The van der Waals surface area contributed by atoms with Crippen molar-refractivity contribution in [1.82, 2.24) is 10.2 Å². The van der Waals surface area contributed by atoms with Crippen LogP contribution in [0.2, 0.25) is 0 Å². The molecular formula is C40H80N2O4. The minimum atomic E-state index is -0.271. The lowest BCUT2D eigenvalue weighted by molar-refractivity contribution is -0.150. The number of nitrogens with zero attached hydrogens (tertiary/aromatic N) is 1. The summed E-state index contributed by atoms with van der Waals surface area (Å²) in [5, 5.41) is 13.0. The molecule has 0 unspecified atom stereocenters. The van der Waals surface area contributed by atoms with E-state index in [2.05, 4.69) is 31.0 Å². The Kier molecular flexibility index (Phi) is 34.3. The third-order valence-electron chi connectivity index (χ3n) is 9.37. The molecule has 0 rings (SSSR count). The van der Waals surface area contributed by atoms with Gasteiger partial charge in [0.05, 0.1) is 12.6 Å². The van der Waals surface area contributed by atoms with Crippen molar-refractivity contribution in [3.05, 3.63) is 0 Å². The Morgan fingerprint density at radius 2 is 1.00 bits per heavy atom. The summed E-state index contributed by atoms with van der Waals surface area (Å²) in [6.07, 6.45) is 33.9. The van der Waals surface area contributed by atoms with Crippen LogP contribution in [0.3, 0.4) is 0 Å². The van der Waals surface area contributed by atoms with E-state index in [-0.39, 0.29) is 30.6 Å². The van der Waals surface area contributed by atoms with E-state index >= 15 is 0 Å². The molecule has 1 amide bonds. The summed E-state index contributed by atoms with van der Waals surface area (Å²) in [5.41, 5.74) is 0. The first-order valence-corrected chi connectivity index (χ1v) is 20.2. The van der Waals surface area contributed by atoms with Crippen molar-refractivity contribution in [1.29, 1.82) is 0 Å². The molecule has 0 aromatic heterocycles. The third kappa shape index (κ3) is 31.5. The van der Waals surface area contributed by atoms with Gasteiger partial charge in [-0.25, -0.2) is 0 Å². The van der Waals surface area contributed by atoms with Crippen LogP contribution in [0.5, 0.6) is 0 Å². The van der Waals surface area contributed by atoms with Crippen LogP contribution in [-0.2, 0) is 14.3 Å². The van der Waals surface area contributed by atoms with Gasteiger partial charge in [-0.1, -0.05) is 162 Å². The zero-order valence-corrected chi connectivity index (χ0v) is 31.4. The molecule has 274 valence electrons. The first kappa shape index (κ1) is 44.9. The number of amides is 1. The number of aliphatic hydroxyl groups excluding tert-OH is 1. The number of likely N-dealkylation sites (N-methyl/N-ethyl adjacent to an activating group) is 1. The van der Waals surface area contributed by atoms with Crippen LogP contribution in [0, 0.1) is 0 Å². The van der Waals surface area contributed by atoms with Crippen LogP contribution in [0.15, 0.2) is 0 Å². The summed E-state index contributed by atoms with van der Waals surface area (Å²) in [7, 11) is 2.03. The zero-order chi connectivity index (χ0) is 33.9. The highest BCUT2D eigenvalue weighted by molar-refractivity contribution is 5.76. The van der Waals surface area contributed by atoms with Gasteiger partial charge >= 0.3 is 5.97 Å². The molecule has 0 aliphatic carbocycles. The van der Waals surface area contributed by atoms with Gasteiger partial charge in [0.15, 0.2) is 0 Å². The zero-order valence-electron chi connectivity index (χ0n) is 31.4. The summed E-state index contributed by atoms with van der Waals surface area (Å²) in [6, 6.07) is -0.271. The molecule has 0 aromatic rings. The smallest absolute Gasteiger partial charge is 0.306 e. The molecule has 0 aromatic carbocycles. The Hall–Kier alpha value is -1.14. The van der Waals surface area contributed by atoms with Crippen LogP contribution in [0.1, 0.15) is 207 Å². The van der Waals surface area contributed by atoms with Crippen molar-refractivity contribution in [2.75, 3.05) is 26.7 Å². The monoisotopic (exact) mass is 653 g/mol. The number of unbranched alkanes of at least 4 members (excludes halogenated alkanes) is 22. The lowest BCUT2D eigenvalue weighted by Crippen LogP contribution is -2.45. The second kappa shape index (κ2) is 35.2. The maximum absolute atomic E-state index is 12.7. The van der Waals surface area contributed by atoms with Gasteiger partial charge in [0.1, 0.15) is 6.10 Å². The predicted octanol–water partition coefficient (Wildman–Crippen LogP) is 10.7. The van der Waals surface area contributed by atoms with Crippen molar-refractivity contribution >= 4 is 11.9 Å². The topological polar surface area (TPSA) is 78.9 Å². The van der Waals surface area contributed by atoms with Gasteiger partial charge in [-0.15, -0.1) is 0 Å². The first-order chi connectivity index (χ1) is 22.5. The van der Waals surface area contributed by atoms with Crippen LogP contribution >= 0.6 is 0 Å². The normalized spacial score (nSPS) is 12.8. The van der Waals surface area contributed by atoms with Gasteiger partial charge in [0, 0.05) is 25.9 Å². The minimum Gasteiger partial charge on any atom is -0.462 e. The SMILES string of the molecule is CCCCCCCCCCCCCC(=O)N[C@@H](CO)CN(C)CC[C@@H](CCCCCCC)OC(=O)CCCCCCCCCCC. The number of nitrogens with one attached hydrogen (secondary N) is 1. The minimum absolute atomic E-state index is 0.0405. The van der Waals surface area contributed by atoms with Gasteiger partial charge < -0.3 is 20.1 Å². The highest BCUT2D eigenvalue weighted by Gasteiger charge is 2.18. The summed E-state index contributed by atoms with van der Waals surface area (Å²) in [4.78, 5) is 27.4. The predicted molar refractivity (Wildman–Crippen MR) is 197 cm³/mol. The lowest BCUT2D eigenvalue weighted by atomic mass is 10.0. The maximum atomic E-state index is 12.7.